The molecule has 0 saturated heterocycles. The van der Waals surface area contributed by atoms with Gasteiger partial charge < -0.3 is 5.32 Å². The number of carbonyl (C=O) groups is 1. The maximum atomic E-state index is 13.9. The van der Waals surface area contributed by atoms with E-state index in [1.54, 1.807) is 37.3 Å². The fourth-order valence-corrected chi connectivity index (χ4v) is 3.94. The van der Waals surface area contributed by atoms with Gasteiger partial charge in [-0.2, -0.15) is 18.3 Å². The van der Waals surface area contributed by atoms with Crippen LogP contribution in [0, 0.1) is 6.92 Å². The van der Waals surface area contributed by atoms with E-state index in [9.17, 15) is 18.0 Å². The molecule has 1 atom stereocenters. The summed E-state index contributed by atoms with van der Waals surface area (Å²) in [6.07, 6.45) is -2.46. The lowest BCUT2D eigenvalue weighted by Crippen LogP contribution is -2.29. The van der Waals surface area contributed by atoms with Gasteiger partial charge in [0.15, 0.2) is 5.69 Å². The van der Waals surface area contributed by atoms with Gasteiger partial charge in [-0.1, -0.05) is 35.9 Å². The third kappa shape index (κ3) is 3.62. The molecule has 150 valence electrons. The van der Waals surface area contributed by atoms with Crippen molar-refractivity contribution in [1.82, 2.24) is 15.1 Å². The topological polar surface area (TPSA) is 46.9 Å². The average Bonchev–Trinajstić information content (AvgIpc) is 3.26. The number of para-hydroxylation sites is 1. The van der Waals surface area contributed by atoms with E-state index in [1.807, 2.05) is 6.07 Å². The van der Waals surface area contributed by atoms with Gasteiger partial charge in [0.2, 0.25) is 0 Å². The van der Waals surface area contributed by atoms with Crippen molar-refractivity contribution in [1.29, 1.82) is 0 Å². The number of amides is 1. The number of nitrogens with zero attached hydrogens (tertiary/aromatic N) is 2. The molecule has 4 rings (SSSR count). The molecule has 1 aromatic heterocycles. The lowest BCUT2D eigenvalue weighted by Gasteiger charge is -2.16. The second-order valence-electron chi connectivity index (χ2n) is 7.01. The molecule has 0 radical (unpaired) electrons. The van der Waals surface area contributed by atoms with Crippen LogP contribution in [0.25, 0.3) is 5.69 Å². The quantitative estimate of drug-likeness (QED) is 0.628. The van der Waals surface area contributed by atoms with Crippen LogP contribution in [-0.2, 0) is 12.6 Å². The SMILES string of the molecule is Cc1ccccc1-n1ncc(C(=O)NC2CCc3cc(Cl)ccc32)c1C(F)(F)F. The first-order valence-electron chi connectivity index (χ1n) is 9.06. The summed E-state index contributed by atoms with van der Waals surface area (Å²) in [5.41, 5.74) is 1.19. The van der Waals surface area contributed by atoms with Crippen LogP contribution < -0.4 is 5.32 Å². The van der Waals surface area contributed by atoms with Crippen LogP contribution in [0.1, 0.15) is 45.2 Å². The molecule has 0 aliphatic heterocycles. The van der Waals surface area contributed by atoms with E-state index < -0.39 is 23.3 Å². The van der Waals surface area contributed by atoms with E-state index in [0.29, 0.717) is 23.4 Å². The number of aryl methyl sites for hydroxylation is 2. The Balaban J connectivity index is 1.69. The van der Waals surface area contributed by atoms with Gasteiger partial charge in [-0.15, -0.1) is 0 Å². The zero-order chi connectivity index (χ0) is 20.8. The van der Waals surface area contributed by atoms with E-state index >= 15 is 0 Å². The highest BCUT2D eigenvalue weighted by atomic mass is 35.5. The molecule has 0 bridgehead atoms. The molecule has 1 amide bonds. The Morgan fingerprint density at radius 1 is 1.24 bits per heavy atom. The van der Waals surface area contributed by atoms with Gasteiger partial charge in [0.25, 0.3) is 5.91 Å². The molecular formula is C21H17ClF3N3O. The monoisotopic (exact) mass is 419 g/mol. The molecule has 8 heteroatoms. The first-order valence-corrected chi connectivity index (χ1v) is 9.44. The Morgan fingerprint density at radius 3 is 2.72 bits per heavy atom. The average molecular weight is 420 g/mol. The predicted molar refractivity (Wildman–Crippen MR) is 103 cm³/mol. The molecule has 0 saturated carbocycles. The molecule has 1 heterocycles. The van der Waals surface area contributed by atoms with Gasteiger partial charge in [-0.3, -0.25) is 4.79 Å². The zero-order valence-corrected chi connectivity index (χ0v) is 16.2. The van der Waals surface area contributed by atoms with Crippen LogP contribution in [0.2, 0.25) is 5.02 Å². The first kappa shape index (κ1) is 19.5. The van der Waals surface area contributed by atoms with E-state index in [1.165, 1.54) is 6.07 Å². The van der Waals surface area contributed by atoms with Crippen molar-refractivity contribution < 1.29 is 18.0 Å². The largest absolute Gasteiger partial charge is 0.434 e. The minimum absolute atomic E-state index is 0.278. The van der Waals surface area contributed by atoms with Crippen molar-refractivity contribution in [2.24, 2.45) is 0 Å². The van der Waals surface area contributed by atoms with Crippen molar-refractivity contribution in [3.63, 3.8) is 0 Å². The molecule has 3 aromatic rings. The molecule has 29 heavy (non-hydrogen) atoms. The lowest BCUT2D eigenvalue weighted by atomic mass is 10.1. The summed E-state index contributed by atoms with van der Waals surface area (Å²) >= 11 is 5.99. The van der Waals surface area contributed by atoms with Gasteiger partial charge in [0.05, 0.1) is 23.5 Å². The smallest absolute Gasteiger partial charge is 0.345 e. The fourth-order valence-electron chi connectivity index (χ4n) is 3.74. The highest BCUT2D eigenvalue weighted by Gasteiger charge is 2.41. The van der Waals surface area contributed by atoms with Crippen LogP contribution in [0.5, 0.6) is 0 Å². The van der Waals surface area contributed by atoms with E-state index in [-0.39, 0.29) is 11.7 Å². The van der Waals surface area contributed by atoms with Crippen LogP contribution in [-0.4, -0.2) is 15.7 Å². The Labute approximate surface area is 170 Å². The Hall–Kier alpha value is -2.80. The zero-order valence-electron chi connectivity index (χ0n) is 15.4. The summed E-state index contributed by atoms with van der Waals surface area (Å²) < 4.78 is 42.4. The third-order valence-corrected chi connectivity index (χ3v) is 5.35. The lowest BCUT2D eigenvalue weighted by molar-refractivity contribution is -0.143. The van der Waals surface area contributed by atoms with Crippen molar-refractivity contribution in [3.05, 3.63) is 81.6 Å². The number of hydrogen-bond donors (Lipinski definition) is 1. The maximum absolute atomic E-state index is 13.9. The molecule has 1 aliphatic carbocycles. The molecule has 0 spiro atoms. The number of hydrogen-bond acceptors (Lipinski definition) is 2. The second-order valence-corrected chi connectivity index (χ2v) is 7.45. The summed E-state index contributed by atoms with van der Waals surface area (Å²) in [6.45, 7) is 1.69. The van der Waals surface area contributed by atoms with Crippen LogP contribution in [0.4, 0.5) is 13.2 Å². The molecule has 1 unspecified atom stereocenters. The minimum atomic E-state index is -4.74. The summed E-state index contributed by atoms with van der Waals surface area (Å²) in [6, 6.07) is 11.6. The summed E-state index contributed by atoms with van der Waals surface area (Å²) in [7, 11) is 0. The number of aromatic nitrogens is 2. The highest BCUT2D eigenvalue weighted by Crippen LogP contribution is 2.36. The van der Waals surface area contributed by atoms with Crippen LogP contribution in [0.15, 0.2) is 48.7 Å². The number of benzene rings is 2. The Kier molecular flexibility index (Phi) is 4.86. The number of carbonyl (C=O) groups excluding carboxylic acids is 1. The first-order chi connectivity index (χ1) is 13.8. The predicted octanol–water partition coefficient (Wildman–Crippen LogP) is 5.27. The highest BCUT2D eigenvalue weighted by molar-refractivity contribution is 6.30. The Morgan fingerprint density at radius 2 is 2.00 bits per heavy atom. The van der Waals surface area contributed by atoms with Crippen molar-refractivity contribution in [3.8, 4) is 5.69 Å². The molecule has 4 nitrogen and oxygen atoms in total. The van der Waals surface area contributed by atoms with Crippen molar-refractivity contribution in [2.45, 2.75) is 32.0 Å². The van der Waals surface area contributed by atoms with Gasteiger partial charge in [-0.25, -0.2) is 4.68 Å². The van der Waals surface area contributed by atoms with Gasteiger partial charge >= 0.3 is 6.18 Å². The van der Waals surface area contributed by atoms with Gasteiger partial charge in [0.1, 0.15) is 0 Å². The van der Waals surface area contributed by atoms with E-state index in [0.717, 1.165) is 22.0 Å². The molecule has 1 N–H and O–H groups in total. The molecule has 1 aliphatic rings. The number of fused-ring (bicyclic) bond motifs is 1. The number of halogens is 4. The molecular weight excluding hydrogens is 403 g/mol. The summed E-state index contributed by atoms with van der Waals surface area (Å²) in [5, 5.41) is 7.20. The van der Waals surface area contributed by atoms with E-state index in [4.69, 9.17) is 11.6 Å². The van der Waals surface area contributed by atoms with Gasteiger partial charge in [0, 0.05) is 5.02 Å². The van der Waals surface area contributed by atoms with Gasteiger partial charge in [-0.05, 0) is 54.7 Å². The minimum Gasteiger partial charge on any atom is -0.345 e. The Bertz CT molecular complexity index is 1090. The number of nitrogens with one attached hydrogen (secondary N) is 1. The van der Waals surface area contributed by atoms with E-state index in [2.05, 4.69) is 10.4 Å². The molecule has 0 fully saturated rings. The number of rotatable bonds is 3. The standard InChI is InChI=1S/C21H17ClF3N3O/c1-12-4-2-3-5-18(12)28-19(21(23,24)25)16(11-26-28)20(29)27-17-9-6-13-10-14(22)7-8-15(13)17/h2-5,7-8,10-11,17H,6,9H2,1H3,(H,27,29). The normalized spacial score (nSPS) is 16.0. The van der Waals surface area contributed by atoms with Crippen molar-refractivity contribution >= 4 is 17.5 Å². The molecule has 2 aromatic carbocycles. The summed E-state index contributed by atoms with van der Waals surface area (Å²) in [5.74, 6) is -0.801. The third-order valence-electron chi connectivity index (χ3n) is 5.11. The van der Waals surface area contributed by atoms with Crippen molar-refractivity contribution in [2.75, 3.05) is 0 Å². The number of alkyl halides is 3. The van der Waals surface area contributed by atoms with Crippen LogP contribution >= 0.6 is 11.6 Å². The fraction of sp³-hybridized carbons (Fsp3) is 0.238. The maximum Gasteiger partial charge on any atom is 0.434 e. The van der Waals surface area contributed by atoms with Crippen LogP contribution in [0.3, 0.4) is 0 Å². The summed E-state index contributed by atoms with van der Waals surface area (Å²) in [4.78, 5) is 12.8. The second kappa shape index (κ2) is 7.22.